The Hall–Kier alpha value is -3.36. The molecule has 4 aromatic rings. The van der Waals surface area contributed by atoms with Crippen molar-refractivity contribution in [3.05, 3.63) is 36.4 Å². The summed E-state index contributed by atoms with van der Waals surface area (Å²) in [7, 11) is 0. The minimum atomic E-state index is 0.464. The molecule has 0 spiro atoms. The summed E-state index contributed by atoms with van der Waals surface area (Å²) >= 11 is 0. The minimum Gasteiger partial charge on any atom is -0.410 e. The molecule has 0 radical (unpaired) electrons. The predicted molar refractivity (Wildman–Crippen MR) is 72.8 cm³/mol. The van der Waals surface area contributed by atoms with Crippen molar-refractivity contribution in [3.8, 4) is 0 Å². The van der Waals surface area contributed by atoms with Crippen molar-refractivity contribution in [1.82, 2.24) is 30.6 Å². The number of nitrogens with one attached hydrogen (secondary N) is 1. The summed E-state index contributed by atoms with van der Waals surface area (Å²) < 4.78 is 0. The van der Waals surface area contributed by atoms with Crippen LogP contribution in [0.5, 0.6) is 0 Å². The fraction of sp³-hybridized carbons (Fsp3) is 0. The molecule has 0 saturated heterocycles. The summed E-state index contributed by atoms with van der Waals surface area (Å²) in [4.78, 5) is 0.701. The van der Waals surface area contributed by atoms with Crippen molar-refractivity contribution in [2.24, 2.45) is 10.2 Å². The zero-order chi connectivity index (χ0) is 14.2. The second kappa shape index (κ2) is 4.34. The lowest BCUT2D eigenvalue weighted by Gasteiger charge is -1.95. The molecule has 0 saturated carbocycles. The van der Waals surface area contributed by atoms with Gasteiger partial charge in [0.2, 0.25) is 0 Å². The molecule has 0 aliphatic rings. The van der Waals surface area contributed by atoms with Crippen LogP contribution in [0, 0.1) is 0 Å². The first kappa shape index (κ1) is 11.5. The molecule has 2 aromatic heterocycles. The lowest BCUT2D eigenvalue weighted by molar-refractivity contribution is 0.155. The highest BCUT2D eigenvalue weighted by Gasteiger charge is 2.08. The van der Waals surface area contributed by atoms with E-state index in [1.165, 1.54) is 0 Å². The van der Waals surface area contributed by atoms with Gasteiger partial charge in [-0.25, -0.2) is 0 Å². The molecule has 4 rings (SSSR count). The van der Waals surface area contributed by atoms with Gasteiger partial charge in [-0.1, -0.05) is 22.2 Å². The van der Waals surface area contributed by atoms with E-state index < -0.39 is 0 Å². The molecule has 9 nitrogen and oxygen atoms in total. The highest BCUT2D eigenvalue weighted by Crippen LogP contribution is 2.27. The number of H-pyrrole nitrogens is 1. The van der Waals surface area contributed by atoms with Gasteiger partial charge in [0.15, 0.2) is 0 Å². The number of azo groups is 1. The van der Waals surface area contributed by atoms with Gasteiger partial charge in [-0.05, 0) is 29.5 Å². The second-order valence-electron chi connectivity index (χ2n) is 4.31. The van der Waals surface area contributed by atoms with E-state index in [4.69, 9.17) is 0 Å². The molecule has 2 N–H and O–H groups in total. The Balaban J connectivity index is 1.82. The van der Waals surface area contributed by atoms with Crippen LogP contribution in [0.1, 0.15) is 0 Å². The number of aromatic amines is 1. The molecule has 9 heteroatoms. The first-order valence-electron chi connectivity index (χ1n) is 6.08. The maximum atomic E-state index is 9.48. The summed E-state index contributed by atoms with van der Waals surface area (Å²) in [5.74, 6) is 0. The number of nitrogens with zero attached hydrogens (tertiary/aromatic N) is 7. The van der Waals surface area contributed by atoms with Crippen molar-refractivity contribution in [2.45, 2.75) is 0 Å². The van der Waals surface area contributed by atoms with Crippen molar-refractivity contribution in [3.63, 3.8) is 0 Å². The average Bonchev–Trinajstić information content (AvgIpc) is 3.13. The van der Waals surface area contributed by atoms with E-state index in [0.29, 0.717) is 32.8 Å². The quantitative estimate of drug-likeness (QED) is 0.431. The molecule has 21 heavy (non-hydrogen) atoms. The fourth-order valence-electron chi connectivity index (χ4n) is 2.04. The number of fused-ring (bicyclic) bond motifs is 2. The highest BCUT2D eigenvalue weighted by atomic mass is 16.5. The summed E-state index contributed by atoms with van der Waals surface area (Å²) in [5, 5.41) is 35.7. The van der Waals surface area contributed by atoms with E-state index in [9.17, 15) is 5.21 Å². The third-order valence-corrected chi connectivity index (χ3v) is 3.04. The first-order valence-corrected chi connectivity index (χ1v) is 6.08. The minimum absolute atomic E-state index is 0.464. The highest BCUT2D eigenvalue weighted by molar-refractivity contribution is 5.87. The van der Waals surface area contributed by atoms with E-state index >= 15 is 0 Å². The van der Waals surface area contributed by atoms with Crippen LogP contribution in [0.4, 0.5) is 11.4 Å². The zero-order valence-corrected chi connectivity index (χ0v) is 10.5. The van der Waals surface area contributed by atoms with Crippen LogP contribution < -0.4 is 0 Å². The molecule has 0 atom stereocenters. The van der Waals surface area contributed by atoms with E-state index in [1.807, 2.05) is 12.1 Å². The van der Waals surface area contributed by atoms with Crippen molar-refractivity contribution >= 4 is 33.4 Å². The molecule has 2 aromatic carbocycles. The van der Waals surface area contributed by atoms with Crippen LogP contribution in [-0.4, -0.2) is 35.8 Å². The number of aromatic nitrogens is 6. The Bertz CT molecular complexity index is 970. The molecule has 0 aliphatic carbocycles. The van der Waals surface area contributed by atoms with Gasteiger partial charge in [-0.15, -0.1) is 20.4 Å². The molecular formula is C12H8N8O. The average molecular weight is 280 g/mol. The van der Waals surface area contributed by atoms with Gasteiger partial charge in [0, 0.05) is 0 Å². The van der Waals surface area contributed by atoms with Gasteiger partial charge >= 0.3 is 0 Å². The summed E-state index contributed by atoms with van der Waals surface area (Å²) in [6.45, 7) is 0. The van der Waals surface area contributed by atoms with Crippen LogP contribution in [0.3, 0.4) is 0 Å². The van der Waals surface area contributed by atoms with Gasteiger partial charge in [0.1, 0.15) is 27.9 Å². The van der Waals surface area contributed by atoms with E-state index in [-0.39, 0.29) is 0 Å². The first-order chi connectivity index (χ1) is 10.3. The maximum Gasteiger partial charge on any atom is 0.144 e. The normalized spacial score (nSPS) is 11.8. The number of hydrogen-bond acceptors (Lipinski definition) is 7. The smallest absolute Gasteiger partial charge is 0.144 e. The number of benzene rings is 2. The van der Waals surface area contributed by atoms with Gasteiger partial charge < -0.3 is 5.21 Å². The number of rotatable bonds is 2. The molecule has 0 bridgehead atoms. The van der Waals surface area contributed by atoms with Gasteiger partial charge in [0.05, 0.1) is 5.52 Å². The molecule has 0 aliphatic heterocycles. The van der Waals surface area contributed by atoms with Crippen LogP contribution in [0.15, 0.2) is 46.6 Å². The Morgan fingerprint density at radius 1 is 0.952 bits per heavy atom. The largest absolute Gasteiger partial charge is 0.410 e. The third-order valence-electron chi connectivity index (χ3n) is 3.04. The maximum absolute atomic E-state index is 9.48. The van der Waals surface area contributed by atoms with Gasteiger partial charge in [0.25, 0.3) is 0 Å². The molecule has 102 valence electrons. The van der Waals surface area contributed by atoms with Crippen LogP contribution in [-0.2, 0) is 0 Å². The lowest BCUT2D eigenvalue weighted by Crippen LogP contribution is -1.90. The molecule has 0 unspecified atom stereocenters. The zero-order valence-electron chi connectivity index (χ0n) is 10.5. The molecule has 0 amide bonds. The molecule has 0 fully saturated rings. The fourth-order valence-corrected chi connectivity index (χ4v) is 2.04. The SMILES string of the molecule is On1nnc2c(N=Nc3cccc4[nH]nnc34)cccc21. The van der Waals surface area contributed by atoms with Crippen molar-refractivity contribution in [2.75, 3.05) is 0 Å². The standard InChI is InChI=1S/C12H8N8O/c21-20-10-6-2-5-9(12(10)17-19-20)14-13-7-3-1-4-8-11(7)16-18-15-8/h1-6,21H,(H,15,16,18). The van der Waals surface area contributed by atoms with Crippen LogP contribution >= 0.6 is 0 Å². The molecule has 2 heterocycles. The Kier molecular flexibility index (Phi) is 2.37. The molecular weight excluding hydrogens is 272 g/mol. The van der Waals surface area contributed by atoms with Crippen molar-refractivity contribution < 1.29 is 5.21 Å². The van der Waals surface area contributed by atoms with E-state index in [2.05, 4.69) is 36.0 Å². The van der Waals surface area contributed by atoms with Crippen LogP contribution in [0.25, 0.3) is 22.1 Å². The third kappa shape index (κ3) is 1.79. The predicted octanol–water partition coefficient (Wildman–Crippen LogP) is 2.36. The summed E-state index contributed by atoms with van der Waals surface area (Å²) in [6.07, 6.45) is 0. The lowest BCUT2D eigenvalue weighted by atomic mass is 10.2. The Morgan fingerprint density at radius 3 is 2.57 bits per heavy atom. The monoisotopic (exact) mass is 280 g/mol. The topological polar surface area (TPSA) is 117 Å². The van der Waals surface area contributed by atoms with Crippen molar-refractivity contribution in [1.29, 1.82) is 0 Å². The summed E-state index contributed by atoms with van der Waals surface area (Å²) in [6, 6.07) is 10.6. The van der Waals surface area contributed by atoms with E-state index in [1.54, 1.807) is 24.3 Å². The Labute approximate surface area is 116 Å². The Morgan fingerprint density at radius 2 is 1.71 bits per heavy atom. The van der Waals surface area contributed by atoms with Gasteiger partial charge in [-0.3, -0.25) is 5.10 Å². The summed E-state index contributed by atoms with van der Waals surface area (Å²) in [5.41, 5.74) is 3.45. The van der Waals surface area contributed by atoms with Gasteiger partial charge in [-0.2, -0.15) is 0 Å². The second-order valence-corrected chi connectivity index (χ2v) is 4.31. The van der Waals surface area contributed by atoms with Crippen LogP contribution in [0.2, 0.25) is 0 Å². The van der Waals surface area contributed by atoms with E-state index in [0.717, 1.165) is 5.52 Å². The number of hydrogen-bond donors (Lipinski definition) is 2.